The van der Waals surface area contributed by atoms with E-state index in [1.807, 2.05) is 12.1 Å². The molecule has 1 aliphatic heterocycles. The molecule has 1 saturated carbocycles. The van der Waals surface area contributed by atoms with Crippen LogP contribution in [0, 0.1) is 5.92 Å². The number of anilines is 1. The van der Waals surface area contributed by atoms with Crippen molar-refractivity contribution in [1.29, 1.82) is 0 Å². The standard InChI is InChI=1S/C16H22ClNO/c1-11(19)13-7-8-16(14(17)10-13)18-9-3-5-12-4-2-6-15(12)18/h7-8,10-12,15,19H,2-6,9H2,1H3. The third-order valence-electron chi connectivity index (χ3n) is 4.76. The number of halogens is 1. The maximum absolute atomic E-state index is 9.63. The number of benzene rings is 1. The summed E-state index contributed by atoms with van der Waals surface area (Å²) in [6, 6.07) is 6.69. The van der Waals surface area contributed by atoms with Crippen LogP contribution in [0.15, 0.2) is 18.2 Å². The number of rotatable bonds is 2. The van der Waals surface area contributed by atoms with Gasteiger partial charge in [0.15, 0.2) is 0 Å². The zero-order chi connectivity index (χ0) is 13.4. The molecule has 0 radical (unpaired) electrons. The Morgan fingerprint density at radius 1 is 1.26 bits per heavy atom. The molecule has 2 fully saturated rings. The smallest absolute Gasteiger partial charge is 0.0762 e. The quantitative estimate of drug-likeness (QED) is 0.879. The van der Waals surface area contributed by atoms with Gasteiger partial charge < -0.3 is 10.0 Å². The molecule has 0 amide bonds. The summed E-state index contributed by atoms with van der Waals surface area (Å²) >= 11 is 6.44. The number of hydrogen-bond acceptors (Lipinski definition) is 2. The summed E-state index contributed by atoms with van der Waals surface area (Å²) in [5.74, 6) is 0.862. The topological polar surface area (TPSA) is 23.5 Å². The number of fused-ring (bicyclic) bond motifs is 1. The second kappa shape index (κ2) is 5.34. The van der Waals surface area contributed by atoms with Crippen molar-refractivity contribution in [3.8, 4) is 0 Å². The molecule has 19 heavy (non-hydrogen) atoms. The molecule has 0 spiro atoms. The summed E-state index contributed by atoms with van der Waals surface area (Å²) in [7, 11) is 0. The molecular formula is C16H22ClNO. The van der Waals surface area contributed by atoms with Gasteiger partial charge in [0.1, 0.15) is 0 Å². The average molecular weight is 280 g/mol. The Kier molecular flexibility index (Phi) is 3.72. The van der Waals surface area contributed by atoms with Gasteiger partial charge in [0.2, 0.25) is 0 Å². The molecule has 1 aliphatic carbocycles. The molecular weight excluding hydrogens is 258 g/mol. The number of nitrogens with zero attached hydrogens (tertiary/aromatic N) is 1. The van der Waals surface area contributed by atoms with E-state index in [9.17, 15) is 5.11 Å². The fourth-order valence-electron chi connectivity index (χ4n) is 3.77. The summed E-state index contributed by atoms with van der Waals surface area (Å²) in [6.07, 6.45) is 6.24. The molecule has 3 heteroatoms. The predicted molar refractivity (Wildman–Crippen MR) is 79.8 cm³/mol. The van der Waals surface area contributed by atoms with E-state index in [0.29, 0.717) is 6.04 Å². The third-order valence-corrected chi connectivity index (χ3v) is 5.06. The predicted octanol–water partition coefficient (Wildman–Crippen LogP) is 4.16. The van der Waals surface area contributed by atoms with E-state index in [2.05, 4.69) is 11.0 Å². The summed E-state index contributed by atoms with van der Waals surface area (Å²) in [5.41, 5.74) is 2.05. The van der Waals surface area contributed by atoms with Crippen molar-refractivity contribution < 1.29 is 5.11 Å². The monoisotopic (exact) mass is 279 g/mol. The van der Waals surface area contributed by atoms with E-state index in [4.69, 9.17) is 11.6 Å². The van der Waals surface area contributed by atoms with E-state index in [0.717, 1.165) is 28.7 Å². The van der Waals surface area contributed by atoms with Crippen molar-refractivity contribution >= 4 is 17.3 Å². The molecule has 0 bridgehead atoms. The van der Waals surface area contributed by atoms with Crippen molar-refractivity contribution in [3.05, 3.63) is 28.8 Å². The van der Waals surface area contributed by atoms with Gasteiger partial charge in [0, 0.05) is 12.6 Å². The van der Waals surface area contributed by atoms with Crippen LogP contribution < -0.4 is 4.90 Å². The van der Waals surface area contributed by atoms with Gasteiger partial charge in [-0.05, 0) is 56.2 Å². The second-order valence-corrected chi connectivity index (χ2v) is 6.39. The highest BCUT2D eigenvalue weighted by molar-refractivity contribution is 6.33. The van der Waals surface area contributed by atoms with Crippen molar-refractivity contribution in [2.45, 2.75) is 51.2 Å². The van der Waals surface area contributed by atoms with Crippen LogP contribution >= 0.6 is 11.6 Å². The zero-order valence-electron chi connectivity index (χ0n) is 11.5. The van der Waals surface area contributed by atoms with Crippen molar-refractivity contribution in [2.75, 3.05) is 11.4 Å². The number of piperidine rings is 1. The molecule has 3 rings (SSSR count). The Hall–Kier alpha value is -0.730. The lowest BCUT2D eigenvalue weighted by Crippen LogP contribution is -2.42. The van der Waals surface area contributed by atoms with E-state index in [-0.39, 0.29) is 0 Å². The minimum atomic E-state index is -0.452. The first-order valence-corrected chi connectivity index (χ1v) is 7.79. The Labute approximate surface area is 120 Å². The molecule has 1 N–H and O–H groups in total. The van der Waals surface area contributed by atoms with Crippen LogP contribution in [-0.2, 0) is 0 Å². The molecule has 1 heterocycles. The van der Waals surface area contributed by atoms with E-state index < -0.39 is 6.10 Å². The Morgan fingerprint density at radius 3 is 2.79 bits per heavy atom. The van der Waals surface area contributed by atoms with E-state index in [1.165, 1.54) is 32.1 Å². The zero-order valence-corrected chi connectivity index (χ0v) is 12.2. The van der Waals surface area contributed by atoms with Gasteiger partial charge in [-0.1, -0.05) is 24.1 Å². The first-order chi connectivity index (χ1) is 9.16. The molecule has 104 valence electrons. The summed E-state index contributed by atoms with van der Waals surface area (Å²) in [5, 5.41) is 10.4. The van der Waals surface area contributed by atoms with Crippen molar-refractivity contribution in [3.63, 3.8) is 0 Å². The average Bonchev–Trinajstić information content (AvgIpc) is 2.86. The highest BCUT2D eigenvalue weighted by Gasteiger charge is 2.35. The molecule has 1 aromatic carbocycles. The van der Waals surface area contributed by atoms with Crippen LogP contribution in [0.2, 0.25) is 5.02 Å². The molecule has 1 saturated heterocycles. The lowest BCUT2D eigenvalue weighted by molar-refractivity contribution is 0.199. The minimum absolute atomic E-state index is 0.452. The van der Waals surface area contributed by atoms with Gasteiger partial charge in [-0.25, -0.2) is 0 Å². The summed E-state index contributed by atoms with van der Waals surface area (Å²) in [6.45, 7) is 2.90. The maximum Gasteiger partial charge on any atom is 0.0762 e. The molecule has 3 atom stereocenters. The fourth-order valence-corrected chi connectivity index (χ4v) is 4.07. The van der Waals surface area contributed by atoms with Gasteiger partial charge in [-0.2, -0.15) is 0 Å². The van der Waals surface area contributed by atoms with Crippen LogP contribution in [0.4, 0.5) is 5.69 Å². The Morgan fingerprint density at radius 2 is 2.05 bits per heavy atom. The van der Waals surface area contributed by atoms with E-state index in [1.54, 1.807) is 6.92 Å². The molecule has 3 unspecified atom stereocenters. The number of aliphatic hydroxyl groups is 1. The van der Waals surface area contributed by atoms with Crippen LogP contribution in [0.3, 0.4) is 0 Å². The highest BCUT2D eigenvalue weighted by Crippen LogP contribution is 2.41. The first kappa shape index (κ1) is 13.3. The number of aliphatic hydroxyl groups excluding tert-OH is 1. The highest BCUT2D eigenvalue weighted by atomic mass is 35.5. The summed E-state index contributed by atoms with van der Waals surface area (Å²) < 4.78 is 0. The van der Waals surface area contributed by atoms with Crippen LogP contribution in [0.25, 0.3) is 0 Å². The fraction of sp³-hybridized carbons (Fsp3) is 0.625. The van der Waals surface area contributed by atoms with Crippen LogP contribution in [-0.4, -0.2) is 17.7 Å². The molecule has 2 aliphatic rings. The van der Waals surface area contributed by atoms with Gasteiger partial charge in [0.25, 0.3) is 0 Å². The normalized spacial score (nSPS) is 28.3. The number of hydrogen-bond donors (Lipinski definition) is 1. The van der Waals surface area contributed by atoms with Gasteiger partial charge >= 0.3 is 0 Å². The van der Waals surface area contributed by atoms with Gasteiger partial charge in [0.05, 0.1) is 16.8 Å². The molecule has 1 aromatic rings. The minimum Gasteiger partial charge on any atom is -0.389 e. The first-order valence-electron chi connectivity index (χ1n) is 7.41. The second-order valence-electron chi connectivity index (χ2n) is 5.98. The van der Waals surface area contributed by atoms with Crippen molar-refractivity contribution in [1.82, 2.24) is 0 Å². The maximum atomic E-state index is 9.63. The Bertz CT molecular complexity index is 460. The summed E-state index contributed by atoms with van der Waals surface area (Å²) in [4.78, 5) is 2.51. The van der Waals surface area contributed by atoms with E-state index >= 15 is 0 Å². The van der Waals surface area contributed by atoms with Gasteiger partial charge in [-0.3, -0.25) is 0 Å². The van der Waals surface area contributed by atoms with Crippen LogP contribution in [0.1, 0.15) is 50.7 Å². The lowest BCUT2D eigenvalue weighted by atomic mass is 9.91. The molecule has 0 aromatic heterocycles. The van der Waals surface area contributed by atoms with Gasteiger partial charge in [-0.15, -0.1) is 0 Å². The largest absolute Gasteiger partial charge is 0.389 e. The molecule has 2 nitrogen and oxygen atoms in total. The van der Waals surface area contributed by atoms with Crippen LogP contribution in [0.5, 0.6) is 0 Å². The lowest BCUT2D eigenvalue weighted by Gasteiger charge is -2.40. The third kappa shape index (κ3) is 2.48. The van der Waals surface area contributed by atoms with Crippen molar-refractivity contribution in [2.24, 2.45) is 5.92 Å². The Balaban J connectivity index is 1.88. The SMILES string of the molecule is CC(O)c1ccc(N2CCCC3CCCC32)c(Cl)c1.